The first-order valence-corrected chi connectivity index (χ1v) is 9.41. The van der Waals surface area contributed by atoms with Gasteiger partial charge in [-0.1, -0.05) is 0 Å². The Balaban J connectivity index is 2.19. The summed E-state index contributed by atoms with van der Waals surface area (Å²) in [5, 5.41) is 3.07. The Morgan fingerprint density at radius 3 is 2.81 bits per heavy atom. The number of hydrogen-bond acceptors (Lipinski definition) is 5. The minimum absolute atomic E-state index is 0.0905. The van der Waals surface area contributed by atoms with Gasteiger partial charge in [0.15, 0.2) is 0 Å². The normalized spacial score (nSPS) is 23.3. The quantitative estimate of drug-likeness (QED) is 0.891. The zero-order chi connectivity index (χ0) is 15.7. The maximum atomic E-state index is 12.8. The molecule has 1 saturated heterocycles. The molecule has 1 aromatic heterocycles. The SMILES string of the molecule is CNCCc1ccc(S(=O)(=O)N2CC(C)OC(C)(C)C2)s1. The Kier molecular flexibility index (Phi) is 5.10. The van der Waals surface area contributed by atoms with Crippen molar-refractivity contribution in [1.29, 1.82) is 0 Å². The molecule has 21 heavy (non-hydrogen) atoms. The van der Waals surface area contributed by atoms with Crippen LogP contribution in [0.15, 0.2) is 16.3 Å². The van der Waals surface area contributed by atoms with Gasteiger partial charge >= 0.3 is 0 Å². The molecule has 0 saturated carbocycles. The minimum atomic E-state index is -3.42. The zero-order valence-electron chi connectivity index (χ0n) is 13.0. The number of thiophene rings is 1. The molecule has 0 amide bonds. The fourth-order valence-corrected chi connectivity index (χ4v) is 5.76. The summed E-state index contributed by atoms with van der Waals surface area (Å²) in [5.74, 6) is 0. The molecule has 120 valence electrons. The summed E-state index contributed by atoms with van der Waals surface area (Å²) in [7, 11) is -1.53. The smallest absolute Gasteiger partial charge is 0.252 e. The summed E-state index contributed by atoms with van der Waals surface area (Å²) in [4.78, 5) is 1.09. The van der Waals surface area contributed by atoms with Crippen molar-refractivity contribution >= 4 is 21.4 Å². The van der Waals surface area contributed by atoms with Crippen LogP contribution in [0.25, 0.3) is 0 Å². The number of likely N-dealkylation sites (N-methyl/N-ethyl adjacent to an activating group) is 1. The number of rotatable bonds is 5. The molecular formula is C14H24N2O3S2. The summed E-state index contributed by atoms with van der Waals surface area (Å²) >= 11 is 1.36. The first kappa shape index (κ1) is 16.9. The molecule has 2 rings (SSSR count). The molecule has 0 spiro atoms. The van der Waals surface area contributed by atoms with Crippen molar-refractivity contribution in [3.63, 3.8) is 0 Å². The van der Waals surface area contributed by atoms with Crippen molar-refractivity contribution in [2.24, 2.45) is 0 Å². The predicted molar refractivity (Wildman–Crippen MR) is 85.3 cm³/mol. The van der Waals surface area contributed by atoms with Crippen molar-refractivity contribution < 1.29 is 13.2 Å². The fraction of sp³-hybridized carbons (Fsp3) is 0.714. The van der Waals surface area contributed by atoms with Gasteiger partial charge in [0.25, 0.3) is 10.0 Å². The van der Waals surface area contributed by atoms with Gasteiger partial charge in [0.2, 0.25) is 0 Å². The molecule has 1 aromatic rings. The lowest BCUT2D eigenvalue weighted by Crippen LogP contribution is -2.53. The van der Waals surface area contributed by atoms with Crippen molar-refractivity contribution in [3.05, 3.63) is 17.0 Å². The average Bonchev–Trinajstić information content (AvgIpc) is 2.83. The molecule has 2 heterocycles. The number of morpholine rings is 1. The molecule has 1 aliphatic rings. The highest BCUT2D eigenvalue weighted by Gasteiger charge is 2.38. The highest BCUT2D eigenvalue weighted by Crippen LogP contribution is 2.30. The van der Waals surface area contributed by atoms with Gasteiger partial charge in [0.1, 0.15) is 4.21 Å². The van der Waals surface area contributed by atoms with Crippen LogP contribution < -0.4 is 5.32 Å². The highest BCUT2D eigenvalue weighted by molar-refractivity contribution is 7.91. The lowest BCUT2D eigenvalue weighted by Gasteiger charge is -2.40. The topological polar surface area (TPSA) is 58.6 Å². The second-order valence-corrected chi connectivity index (χ2v) is 9.39. The average molecular weight is 332 g/mol. The van der Waals surface area contributed by atoms with Gasteiger partial charge in [-0.15, -0.1) is 11.3 Å². The third-order valence-corrected chi connectivity index (χ3v) is 6.81. The van der Waals surface area contributed by atoms with Crippen LogP contribution in [0.1, 0.15) is 25.6 Å². The summed E-state index contributed by atoms with van der Waals surface area (Å²) in [6.07, 6.45) is 0.758. The molecule has 1 atom stereocenters. The Labute approximate surface area is 131 Å². The van der Waals surface area contributed by atoms with Crippen LogP contribution in [0.2, 0.25) is 0 Å². The van der Waals surface area contributed by atoms with E-state index in [4.69, 9.17) is 4.74 Å². The van der Waals surface area contributed by atoms with Crippen LogP contribution in [0.4, 0.5) is 0 Å². The van der Waals surface area contributed by atoms with Crippen molar-refractivity contribution in [2.45, 2.75) is 43.1 Å². The zero-order valence-corrected chi connectivity index (χ0v) is 14.7. The van der Waals surface area contributed by atoms with E-state index in [2.05, 4.69) is 5.32 Å². The van der Waals surface area contributed by atoms with Gasteiger partial charge in [0.05, 0.1) is 11.7 Å². The Morgan fingerprint density at radius 2 is 2.19 bits per heavy atom. The largest absolute Gasteiger partial charge is 0.370 e. The monoisotopic (exact) mass is 332 g/mol. The third kappa shape index (κ3) is 4.04. The maximum absolute atomic E-state index is 12.8. The van der Waals surface area contributed by atoms with Gasteiger partial charge in [-0.2, -0.15) is 4.31 Å². The number of sulfonamides is 1. The van der Waals surface area contributed by atoms with E-state index in [9.17, 15) is 8.42 Å². The van der Waals surface area contributed by atoms with E-state index in [0.29, 0.717) is 17.3 Å². The first-order chi connectivity index (χ1) is 9.74. The Morgan fingerprint density at radius 1 is 1.48 bits per heavy atom. The number of nitrogens with one attached hydrogen (secondary N) is 1. The molecule has 0 aromatic carbocycles. The molecule has 1 unspecified atom stereocenters. The van der Waals surface area contributed by atoms with Gasteiger partial charge in [0, 0.05) is 18.0 Å². The van der Waals surface area contributed by atoms with Crippen LogP contribution in [0.3, 0.4) is 0 Å². The van der Waals surface area contributed by atoms with Crippen molar-refractivity contribution in [3.8, 4) is 0 Å². The van der Waals surface area contributed by atoms with Gasteiger partial charge in [-0.3, -0.25) is 0 Å². The van der Waals surface area contributed by atoms with Crippen LogP contribution in [0, 0.1) is 0 Å². The first-order valence-electron chi connectivity index (χ1n) is 7.16. The number of nitrogens with zero attached hydrogens (tertiary/aromatic N) is 1. The van der Waals surface area contributed by atoms with Crippen molar-refractivity contribution in [1.82, 2.24) is 9.62 Å². The Hall–Kier alpha value is -0.470. The summed E-state index contributed by atoms with van der Waals surface area (Å²) in [6, 6.07) is 3.63. The van der Waals surface area contributed by atoms with Crippen molar-refractivity contribution in [2.75, 3.05) is 26.7 Å². The highest BCUT2D eigenvalue weighted by atomic mass is 32.2. The van der Waals surface area contributed by atoms with Crippen LogP contribution in [-0.2, 0) is 21.2 Å². The van der Waals surface area contributed by atoms with Gasteiger partial charge in [-0.05, 0) is 52.9 Å². The fourth-order valence-electron chi connectivity index (χ4n) is 2.58. The molecule has 7 heteroatoms. The predicted octanol–water partition coefficient (Wildman–Crippen LogP) is 1.70. The molecule has 1 N–H and O–H groups in total. The molecular weight excluding hydrogens is 308 g/mol. The lowest BCUT2D eigenvalue weighted by atomic mass is 10.1. The number of ether oxygens (including phenoxy) is 1. The van der Waals surface area contributed by atoms with E-state index >= 15 is 0 Å². The van der Waals surface area contributed by atoms with E-state index < -0.39 is 15.6 Å². The molecule has 0 radical (unpaired) electrons. The van der Waals surface area contributed by atoms with Gasteiger partial charge in [-0.25, -0.2) is 8.42 Å². The van der Waals surface area contributed by atoms with E-state index in [-0.39, 0.29) is 6.10 Å². The summed E-state index contributed by atoms with van der Waals surface area (Å²) in [5.41, 5.74) is -0.447. The molecule has 5 nitrogen and oxygen atoms in total. The van der Waals surface area contributed by atoms with Gasteiger partial charge < -0.3 is 10.1 Å². The molecule has 0 bridgehead atoms. The summed E-state index contributed by atoms with van der Waals surface area (Å²) in [6.45, 7) is 7.42. The second kappa shape index (κ2) is 6.34. The van der Waals surface area contributed by atoms with Crippen LogP contribution >= 0.6 is 11.3 Å². The molecule has 0 aliphatic carbocycles. The van der Waals surface area contributed by atoms with E-state index in [1.807, 2.05) is 33.9 Å². The second-order valence-electron chi connectivity index (χ2n) is 6.06. The summed E-state index contributed by atoms with van der Waals surface area (Å²) < 4.78 is 33.3. The minimum Gasteiger partial charge on any atom is -0.370 e. The Bertz CT molecular complexity index is 581. The standard InChI is InChI=1S/C14H24N2O3S2/c1-11-9-16(10-14(2,3)19-11)21(17,18)13-6-5-12(20-13)7-8-15-4/h5-6,11,15H,7-10H2,1-4H3. The van der Waals surface area contributed by atoms with Crippen LogP contribution in [0.5, 0.6) is 0 Å². The lowest BCUT2D eigenvalue weighted by molar-refractivity contribution is -0.109. The van der Waals surface area contributed by atoms with E-state index in [1.54, 1.807) is 10.4 Å². The van der Waals surface area contributed by atoms with E-state index in [1.165, 1.54) is 11.3 Å². The van der Waals surface area contributed by atoms with E-state index in [0.717, 1.165) is 17.8 Å². The number of hydrogen-bond donors (Lipinski definition) is 1. The maximum Gasteiger partial charge on any atom is 0.252 e. The molecule has 1 fully saturated rings. The molecule has 1 aliphatic heterocycles. The third-order valence-electron chi connectivity index (χ3n) is 3.39. The van der Waals surface area contributed by atoms with Crippen LogP contribution in [-0.4, -0.2) is 51.1 Å².